The molecule has 1 saturated heterocycles. The van der Waals surface area contributed by atoms with Crippen molar-refractivity contribution in [2.75, 3.05) is 7.05 Å². The zero-order chi connectivity index (χ0) is 13.0. The van der Waals surface area contributed by atoms with E-state index in [1.54, 1.807) is 0 Å². The van der Waals surface area contributed by atoms with Crippen molar-refractivity contribution >= 4 is 0 Å². The van der Waals surface area contributed by atoms with E-state index >= 15 is 0 Å². The summed E-state index contributed by atoms with van der Waals surface area (Å²) >= 11 is 0. The smallest absolute Gasteiger partial charge is 0.00975 e. The summed E-state index contributed by atoms with van der Waals surface area (Å²) in [6, 6.07) is 1.50. The van der Waals surface area contributed by atoms with Crippen LogP contribution < -0.4 is 0 Å². The third kappa shape index (κ3) is 3.71. The van der Waals surface area contributed by atoms with Gasteiger partial charge in [-0.2, -0.15) is 0 Å². The summed E-state index contributed by atoms with van der Waals surface area (Å²) in [6.45, 7) is 12.0. The van der Waals surface area contributed by atoms with Crippen molar-refractivity contribution in [2.45, 2.75) is 78.8 Å². The monoisotopic (exact) mass is 239 g/mol. The maximum absolute atomic E-state index is 2.66. The first-order chi connectivity index (χ1) is 7.99. The van der Waals surface area contributed by atoms with Crippen LogP contribution in [0.2, 0.25) is 0 Å². The summed E-state index contributed by atoms with van der Waals surface area (Å²) in [5, 5.41) is 0. The first kappa shape index (κ1) is 15.0. The molecule has 1 aliphatic heterocycles. The van der Waals surface area contributed by atoms with Crippen molar-refractivity contribution in [1.29, 1.82) is 0 Å². The summed E-state index contributed by atoms with van der Waals surface area (Å²) in [5.74, 6) is 2.62. The first-order valence-electron chi connectivity index (χ1n) is 7.70. The molecule has 1 heteroatoms. The molecule has 0 radical (unpaired) electrons. The molecular weight excluding hydrogens is 206 g/mol. The summed E-state index contributed by atoms with van der Waals surface area (Å²) in [4.78, 5) is 2.66. The molecule has 102 valence electrons. The van der Waals surface area contributed by atoms with E-state index in [2.05, 4.69) is 46.6 Å². The van der Waals surface area contributed by atoms with Crippen LogP contribution in [-0.4, -0.2) is 24.0 Å². The highest BCUT2D eigenvalue weighted by molar-refractivity contribution is 4.85. The lowest BCUT2D eigenvalue weighted by atomic mass is 9.78. The van der Waals surface area contributed by atoms with E-state index < -0.39 is 0 Å². The fourth-order valence-electron chi connectivity index (χ4n) is 3.75. The highest BCUT2D eigenvalue weighted by Crippen LogP contribution is 2.33. The van der Waals surface area contributed by atoms with Gasteiger partial charge in [-0.05, 0) is 57.9 Å². The lowest BCUT2D eigenvalue weighted by molar-refractivity contribution is 0.0586. The maximum atomic E-state index is 2.66. The Labute approximate surface area is 109 Å². The molecule has 0 saturated carbocycles. The van der Waals surface area contributed by atoms with E-state index in [4.69, 9.17) is 0 Å². The molecule has 17 heavy (non-hydrogen) atoms. The number of likely N-dealkylation sites (tertiary alicyclic amines) is 1. The Hall–Kier alpha value is -0.0400. The van der Waals surface area contributed by atoms with Gasteiger partial charge >= 0.3 is 0 Å². The largest absolute Gasteiger partial charge is 0.300 e. The third-order valence-corrected chi connectivity index (χ3v) is 5.21. The van der Waals surface area contributed by atoms with Crippen molar-refractivity contribution in [3.8, 4) is 0 Å². The minimum atomic E-state index is 0.740. The van der Waals surface area contributed by atoms with Crippen LogP contribution in [0.4, 0.5) is 0 Å². The van der Waals surface area contributed by atoms with Crippen LogP contribution in [-0.2, 0) is 0 Å². The molecule has 0 aromatic carbocycles. The van der Waals surface area contributed by atoms with Crippen LogP contribution >= 0.6 is 0 Å². The lowest BCUT2D eigenvalue weighted by Gasteiger charge is -2.43. The van der Waals surface area contributed by atoms with Gasteiger partial charge in [-0.1, -0.05) is 33.6 Å². The molecule has 1 nitrogen and oxygen atoms in total. The molecule has 0 spiro atoms. The van der Waals surface area contributed by atoms with Crippen molar-refractivity contribution in [1.82, 2.24) is 4.90 Å². The van der Waals surface area contributed by atoms with Gasteiger partial charge in [0.1, 0.15) is 0 Å². The van der Waals surface area contributed by atoms with Crippen molar-refractivity contribution in [2.24, 2.45) is 17.8 Å². The quantitative estimate of drug-likeness (QED) is 0.697. The van der Waals surface area contributed by atoms with E-state index in [1.807, 2.05) is 0 Å². The van der Waals surface area contributed by atoms with E-state index in [9.17, 15) is 0 Å². The molecule has 0 aliphatic carbocycles. The van der Waals surface area contributed by atoms with Crippen LogP contribution in [0, 0.1) is 17.8 Å². The van der Waals surface area contributed by atoms with Crippen LogP contribution in [0.25, 0.3) is 0 Å². The van der Waals surface area contributed by atoms with E-state index in [1.165, 1.54) is 32.1 Å². The SMILES string of the molecule is CCCC1CCCC(C(C)C)C(C)N(C)C1C. The van der Waals surface area contributed by atoms with Gasteiger partial charge < -0.3 is 4.90 Å². The summed E-state index contributed by atoms with van der Waals surface area (Å²) in [6.07, 6.45) is 7.05. The Kier molecular flexibility index (Phi) is 5.99. The molecule has 1 rings (SSSR count). The Morgan fingerprint density at radius 2 is 1.76 bits per heavy atom. The normalized spacial score (nSPS) is 36.9. The van der Waals surface area contributed by atoms with Gasteiger partial charge in [0.25, 0.3) is 0 Å². The van der Waals surface area contributed by atoms with Crippen LogP contribution in [0.15, 0.2) is 0 Å². The van der Waals surface area contributed by atoms with Gasteiger partial charge in [-0.3, -0.25) is 0 Å². The second-order valence-electron chi connectivity index (χ2n) is 6.53. The second-order valence-corrected chi connectivity index (χ2v) is 6.53. The highest BCUT2D eigenvalue weighted by Gasteiger charge is 2.31. The summed E-state index contributed by atoms with van der Waals surface area (Å²) < 4.78 is 0. The van der Waals surface area contributed by atoms with Crippen LogP contribution in [0.3, 0.4) is 0 Å². The average molecular weight is 239 g/mol. The van der Waals surface area contributed by atoms with E-state index in [0.717, 1.165) is 29.8 Å². The number of rotatable bonds is 3. The fourth-order valence-corrected chi connectivity index (χ4v) is 3.75. The number of hydrogen-bond acceptors (Lipinski definition) is 1. The molecule has 0 N–H and O–H groups in total. The topological polar surface area (TPSA) is 3.24 Å². The van der Waals surface area contributed by atoms with Gasteiger partial charge in [-0.25, -0.2) is 0 Å². The number of nitrogens with zero attached hydrogens (tertiary/aromatic N) is 1. The van der Waals surface area contributed by atoms with Gasteiger partial charge in [0.2, 0.25) is 0 Å². The zero-order valence-corrected chi connectivity index (χ0v) is 12.9. The minimum absolute atomic E-state index is 0.740. The standard InChI is InChI=1S/C16H33N/c1-7-9-15-10-8-11-16(12(2)3)14(5)17(6)13(15)4/h12-16H,7-11H2,1-6H3. The fraction of sp³-hybridized carbons (Fsp3) is 1.00. The average Bonchev–Trinajstić information content (AvgIpc) is 2.29. The molecule has 0 aromatic rings. The summed E-state index contributed by atoms with van der Waals surface area (Å²) in [7, 11) is 2.35. The van der Waals surface area contributed by atoms with Gasteiger partial charge in [0.15, 0.2) is 0 Å². The van der Waals surface area contributed by atoms with E-state index in [0.29, 0.717) is 0 Å². The van der Waals surface area contributed by atoms with Crippen molar-refractivity contribution in [3.05, 3.63) is 0 Å². The van der Waals surface area contributed by atoms with E-state index in [-0.39, 0.29) is 0 Å². The molecule has 0 aromatic heterocycles. The molecule has 0 bridgehead atoms. The van der Waals surface area contributed by atoms with Gasteiger partial charge in [0.05, 0.1) is 0 Å². The maximum Gasteiger partial charge on any atom is 0.00975 e. The highest BCUT2D eigenvalue weighted by atomic mass is 15.2. The van der Waals surface area contributed by atoms with Crippen LogP contribution in [0.5, 0.6) is 0 Å². The second kappa shape index (κ2) is 6.78. The van der Waals surface area contributed by atoms with Crippen molar-refractivity contribution < 1.29 is 0 Å². The Morgan fingerprint density at radius 1 is 1.12 bits per heavy atom. The predicted octanol–water partition coefficient (Wildman–Crippen LogP) is 4.57. The molecule has 1 heterocycles. The predicted molar refractivity (Wildman–Crippen MR) is 77.3 cm³/mol. The minimum Gasteiger partial charge on any atom is -0.300 e. The third-order valence-electron chi connectivity index (χ3n) is 5.21. The lowest BCUT2D eigenvalue weighted by Crippen LogP contribution is -2.47. The Morgan fingerprint density at radius 3 is 2.29 bits per heavy atom. The first-order valence-corrected chi connectivity index (χ1v) is 7.70. The van der Waals surface area contributed by atoms with Gasteiger partial charge in [-0.15, -0.1) is 0 Å². The summed E-state index contributed by atoms with van der Waals surface area (Å²) in [5.41, 5.74) is 0. The Bertz CT molecular complexity index is 212. The Balaban J connectivity index is 2.73. The zero-order valence-electron chi connectivity index (χ0n) is 12.9. The number of hydrogen-bond donors (Lipinski definition) is 0. The van der Waals surface area contributed by atoms with Crippen LogP contribution in [0.1, 0.15) is 66.7 Å². The molecule has 1 aliphatic rings. The molecule has 4 unspecified atom stereocenters. The van der Waals surface area contributed by atoms with Gasteiger partial charge in [0, 0.05) is 12.1 Å². The molecule has 0 amide bonds. The molecule has 4 atom stereocenters. The molecule has 1 fully saturated rings. The molecular formula is C16H33N. The van der Waals surface area contributed by atoms with Crippen molar-refractivity contribution in [3.63, 3.8) is 0 Å².